The Hall–Kier alpha value is -1.50. The minimum Gasteiger partial charge on any atom is -0.387 e. The predicted octanol–water partition coefficient (Wildman–Crippen LogP) is 2.50. The van der Waals surface area contributed by atoms with Gasteiger partial charge in [-0.3, -0.25) is 0 Å². The van der Waals surface area contributed by atoms with E-state index >= 15 is 0 Å². The van der Waals surface area contributed by atoms with Crippen molar-refractivity contribution in [1.29, 1.82) is 0 Å². The molecule has 1 N–H and O–H groups in total. The van der Waals surface area contributed by atoms with E-state index in [-0.39, 0.29) is 0 Å². The van der Waals surface area contributed by atoms with Crippen molar-refractivity contribution in [3.63, 3.8) is 0 Å². The molecule has 0 fully saturated rings. The number of rotatable bonds is 0. The van der Waals surface area contributed by atoms with E-state index in [1.54, 1.807) is 5.57 Å². The fourth-order valence-corrected chi connectivity index (χ4v) is 2.36. The third kappa shape index (κ3) is 1.09. The van der Waals surface area contributed by atoms with Gasteiger partial charge < -0.3 is 5.32 Å². The van der Waals surface area contributed by atoms with Crippen molar-refractivity contribution in [2.75, 3.05) is 6.54 Å². The standard InChI is InChI=1S/C13H13N/c1-2-4-12-10(3-1)5-6-13(12)11-7-8-14-9-11/h1-4,7-8,14H,5-6,9H2. The normalized spacial score (nSPS) is 23.7. The fraction of sp³-hybridized carbons (Fsp3) is 0.231. The Morgan fingerprint density at radius 2 is 2.00 bits per heavy atom. The van der Waals surface area contributed by atoms with Crippen LogP contribution in [0.15, 0.2) is 42.1 Å². The lowest BCUT2D eigenvalue weighted by atomic mass is 10.0. The summed E-state index contributed by atoms with van der Waals surface area (Å²) < 4.78 is 0. The van der Waals surface area contributed by atoms with Crippen LogP contribution in [0.5, 0.6) is 0 Å². The van der Waals surface area contributed by atoms with Crippen LogP contribution in [0.25, 0.3) is 5.57 Å². The highest BCUT2D eigenvalue weighted by molar-refractivity contribution is 5.77. The van der Waals surface area contributed by atoms with E-state index in [0.717, 1.165) is 6.54 Å². The molecule has 0 bridgehead atoms. The van der Waals surface area contributed by atoms with Crippen molar-refractivity contribution >= 4 is 5.57 Å². The lowest BCUT2D eigenvalue weighted by Crippen LogP contribution is -2.01. The largest absolute Gasteiger partial charge is 0.387 e. The van der Waals surface area contributed by atoms with Gasteiger partial charge in [-0.05, 0) is 47.4 Å². The van der Waals surface area contributed by atoms with Gasteiger partial charge in [0, 0.05) is 6.54 Å². The van der Waals surface area contributed by atoms with Crippen LogP contribution in [0, 0.1) is 0 Å². The van der Waals surface area contributed by atoms with Gasteiger partial charge in [0.2, 0.25) is 0 Å². The van der Waals surface area contributed by atoms with Crippen molar-refractivity contribution in [1.82, 2.24) is 5.32 Å². The second-order valence-corrected chi connectivity index (χ2v) is 3.88. The lowest BCUT2D eigenvalue weighted by Gasteiger charge is -2.03. The smallest absolute Gasteiger partial charge is 0.0398 e. The summed E-state index contributed by atoms with van der Waals surface area (Å²) in [5, 5.41) is 3.24. The molecule has 1 nitrogen and oxygen atoms in total. The van der Waals surface area contributed by atoms with Gasteiger partial charge in [-0.15, -0.1) is 0 Å². The molecule has 0 amide bonds. The highest BCUT2D eigenvalue weighted by Gasteiger charge is 2.18. The summed E-state index contributed by atoms with van der Waals surface area (Å²) in [6.45, 7) is 1.00. The van der Waals surface area contributed by atoms with Gasteiger partial charge >= 0.3 is 0 Å². The average Bonchev–Trinajstić information content (AvgIpc) is 2.85. The zero-order valence-electron chi connectivity index (χ0n) is 8.09. The van der Waals surface area contributed by atoms with Crippen molar-refractivity contribution in [3.8, 4) is 0 Å². The van der Waals surface area contributed by atoms with Crippen LogP contribution >= 0.6 is 0 Å². The van der Waals surface area contributed by atoms with Crippen LogP contribution < -0.4 is 5.32 Å². The molecule has 70 valence electrons. The van der Waals surface area contributed by atoms with Crippen molar-refractivity contribution < 1.29 is 0 Å². The minimum absolute atomic E-state index is 1.00. The highest BCUT2D eigenvalue weighted by atomic mass is 14.8. The monoisotopic (exact) mass is 183 g/mol. The van der Waals surface area contributed by atoms with Crippen LogP contribution in [-0.2, 0) is 6.42 Å². The van der Waals surface area contributed by atoms with Gasteiger partial charge in [-0.2, -0.15) is 0 Å². The number of nitrogens with one attached hydrogen (secondary N) is 1. The van der Waals surface area contributed by atoms with E-state index in [4.69, 9.17) is 0 Å². The molecule has 1 aromatic rings. The van der Waals surface area contributed by atoms with E-state index in [0.29, 0.717) is 0 Å². The first-order chi connectivity index (χ1) is 6.95. The molecule has 0 spiro atoms. The first-order valence-electron chi connectivity index (χ1n) is 5.15. The number of benzene rings is 1. The molecule has 1 heteroatoms. The summed E-state index contributed by atoms with van der Waals surface area (Å²) >= 11 is 0. The Balaban J connectivity index is 2.14. The van der Waals surface area contributed by atoms with E-state index in [9.17, 15) is 0 Å². The zero-order valence-corrected chi connectivity index (χ0v) is 8.09. The van der Waals surface area contributed by atoms with Gasteiger partial charge in [0.1, 0.15) is 0 Å². The summed E-state index contributed by atoms with van der Waals surface area (Å²) in [7, 11) is 0. The molecule has 0 atom stereocenters. The van der Waals surface area contributed by atoms with Gasteiger partial charge in [-0.1, -0.05) is 24.3 Å². The maximum atomic E-state index is 3.24. The quantitative estimate of drug-likeness (QED) is 0.651. The maximum Gasteiger partial charge on any atom is 0.0398 e. The number of hydrogen-bond donors (Lipinski definition) is 1. The lowest BCUT2D eigenvalue weighted by molar-refractivity contribution is 0.998. The second-order valence-electron chi connectivity index (χ2n) is 3.88. The van der Waals surface area contributed by atoms with Crippen LogP contribution in [-0.4, -0.2) is 6.54 Å². The predicted molar refractivity (Wildman–Crippen MR) is 58.8 cm³/mol. The van der Waals surface area contributed by atoms with Crippen LogP contribution in [0.1, 0.15) is 17.5 Å². The molecule has 0 saturated carbocycles. The first-order valence-corrected chi connectivity index (χ1v) is 5.15. The molecule has 2 aliphatic rings. The Kier molecular flexibility index (Phi) is 1.69. The SMILES string of the molecule is C1=CC(=C2CCc3ccccc32)CN1. The molecule has 1 aliphatic heterocycles. The number of allylic oxidation sites excluding steroid dienone is 1. The summed E-state index contributed by atoms with van der Waals surface area (Å²) in [6, 6.07) is 8.76. The molecule has 3 rings (SSSR count). The Labute approximate surface area is 84.1 Å². The van der Waals surface area contributed by atoms with E-state index in [1.807, 2.05) is 6.20 Å². The van der Waals surface area contributed by atoms with Crippen molar-refractivity contribution in [2.45, 2.75) is 12.8 Å². The minimum atomic E-state index is 1.00. The molecule has 1 aliphatic carbocycles. The third-order valence-electron chi connectivity index (χ3n) is 3.07. The molecular weight excluding hydrogens is 170 g/mol. The number of fused-ring (bicyclic) bond motifs is 1. The van der Waals surface area contributed by atoms with Crippen molar-refractivity contribution in [2.24, 2.45) is 0 Å². The average molecular weight is 183 g/mol. The Morgan fingerprint density at radius 3 is 2.86 bits per heavy atom. The Bertz CT molecular complexity index is 427. The van der Waals surface area contributed by atoms with Gasteiger partial charge in [-0.25, -0.2) is 0 Å². The third-order valence-corrected chi connectivity index (χ3v) is 3.07. The van der Waals surface area contributed by atoms with E-state index < -0.39 is 0 Å². The van der Waals surface area contributed by atoms with Gasteiger partial charge in [0.15, 0.2) is 0 Å². The van der Waals surface area contributed by atoms with Crippen LogP contribution in [0.2, 0.25) is 0 Å². The second kappa shape index (κ2) is 3.02. The summed E-state index contributed by atoms with van der Waals surface area (Å²) in [4.78, 5) is 0. The summed E-state index contributed by atoms with van der Waals surface area (Å²) in [5.41, 5.74) is 5.99. The van der Waals surface area contributed by atoms with Crippen LogP contribution in [0.3, 0.4) is 0 Å². The molecule has 0 aromatic heterocycles. The van der Waals surface area contributed by atoms with Gasteiger partial charge in [0.05, 0.1) is 0 Å². The number of aryl methyl sites for hydroxylation is 1. The van der Waals surface area contributed by atoms with Crippen LogP contribution in [0.4, 0.5) is 0 Å². The topological polar surface area (TPSA) is 12.0 Å². The summed E-state index contributed by atoms with van der Waals surface area (Å²) in [5.74, 6) is 0. The van der Waals surface area contributed by atoms with Gasteiger partial charge in [0.25, 0.3) is 0 Å². The zero-order chi connectivity index (χ0) is 9.38. The molecule has 0 saturated heterocycles. The summed E-state index contributed by atoms with van der Waals surface area (Å²) in [6.07, 6.45) is 6.67. The maximum absolute atomic E-state index is 3.24. The molecule has 1 aromatic carbocycles. The first kappa shape index (κ1) is 7.86. The molecular formula is C13H13N. The fourth-order valence-electron chi connectivity index (χ4n) is 2.36. The van der Waals surface area contributed by atoms with E-state index in [1.165, 1.54) is 29.5 Å². The van der Waals surface area contributed by atoms with Crippen molar-refractivity contribution in [3.05, 3.63) is 53.2 Å². The number of hydrogen-bond acceptors (Lipinski definition) is 1. The molecule has 1 heterocycles. The molecule has 0 unspecified atom stereocenters. The molecule has 14 heavy (non-hydrogen) atoms. The van der Waals surface area contributed by atoms with E-state index in [2.05, 4.69) is 35.7 Å². The highest BCUT2D eigenvalue weighted by Crippen LogP contribution is 2.34. The Morgan fingerprint density at radius 1 is 1.07 bits per heavy atom. The molecule has 0 radical (unpaired) electrons.